The fourth-order valence-corrected chi connectivity index (χ4v) is 3.70. The summed E-state index contributed by atoms with van der Waals surface area (Å²) in [5, 5.41) is 18.6. The lowest BCUT2D eigenvalue weighted by molar-refractivity contribution is -0.212. The zero-order valence-corrected chi connectivity index (χ0v) is 13.2. The van der Waals surface area contributed by atoms with Crippen LogP contribution in [0.3, 0.4) is 0 Å². The zero-order chi connectivity index (χ0) is 19.3. The fourth-order valence-electron chi connectivity index (χ4n) is 3.70. The Bertz CT molecular complexity index is 727. The molecule has 1 unspecified atom stereocenters. The highest BCUT2D eigenvalue weighted by atomic mass is 19.4. The van der Waals surface area contributed by atoms with Crippen LogP contribution in [0, 0.1) is 23.2 Å². The number of anilines is 1. The van der Waals surface area contributed by atoms with Gasteiger partial charge in [-0.15, -0.1) is 0 Å². The number of nitriles is 1. The van der Waals surface area contributed by atoms with E-state index in [-0.39, 0.29) is 31.4 Å². The van der Waals surface area contributed by atoms with Crippen molar-refractivity contribution in [2.24, 2.45) is 11.8 Å². The Morgan fingerprint density at radius 1 is 1.19 bits per heavy atom. The van der Waals surface area contributed by atoms with Gasteiger partial charge in [0.05, 0.1) is 36.5 Å². The number of fused-ring (bicyclic) bond motifs is 1. The minimum atomic E-state index is -4.92. The second-order valence-corrected chi connectivity index (χ2v) is 6.43. The number of aliphatic hydroxyl groups excluding tert-OH is 1. The summed E-state index contributed by atoms with van der Waals surface area (Å²) < 4.78 is 83.9. The number of hydrogen-bond acceptors (Lipinski definition) is 4. The average molecular weight is 380 g/mol. The molecule has 2 aliphatic heterocycles. The van der Waals surface area contributed by atoms with E-state index in [1.165, 1.54) is 12.1 Å². The van der Waals surface area contributed by atoms with Gasteiger partial charge in [-0.3, -0.25) is 0 Å². The molecule has 0 aromatic heterocycles. The highest BCUT2D eigenvalue weighted by Gasteiger charge is 2.55. The first-order valence-electron chi connectivity index (χ1n) is 7.74. The molecule has 0 saturated carbocycles. The Labute approximate surface area is 144 Å². The first kappa shape index (κ1) is 18.8. The van der Waals surface area contributed by atoms with Gasteiger partial charge in [-0.2, -0.15) is 31.6 Å². The maximum Gasteiger partial charge on any atom is 0.417 e. The molecule has 2 saturated heterocycles. The van der Waals surface area contributed by atoms with Gasteiger partial charge < -0.3 is 14.7 Å². The van der Waals surface area contributed by atoms with Crippen LogP contribution in [0.25, 0.3) is 0 Å². The van der Waals surface area contributed by atoms with Crippen molar-refractivity contribution in [3.8, 4) is 6.07 Å². The second kappa shape index (κ2) is 6.32. The van der Waals surface area contributed by atoms with E-state index in [0.29, 0.717) is 6.07 Å². The molecular weight excluding hydrogens is 366 g/mol. The van der Waals surface area contributed by atoms with Crippen LogP contribution in [0.2, 0.25) is 0 Å². The van der Waals surface area contributed by atoms with Crippen molar-refractivity contribution in [2.45, 2.75) is 24.5 Å². The SMILES string of the molecule is N#Cc1ccc(N2C[C@H]3COC[C@H]3[C@@H]2C(O)C(F)(F)F)cc1C(F)(F)F. The lowest BCUT2D eigenvalue weighted by Gasteiger charge is -2.34. The number of rotatable bonds is 2. The van der Waals surface area contributed by atoms with Gasteiger partial charge in [0, 0.05) is 24.1 Å². The van der Waals surface area contributed by atoms with E-state index in [2.05, 4.69) is 0 Å². The van der Waals surface area contributed by atoms with Crippen molar-refractivity contribution >= 4 is 5.69 Å². The van der Waals surface area contributed by atoms with Gasteiger partial charge in [-0.1, -0.05) is 0 Å². The Morgan fingerprint density at radius 2 is 1.88 bits per heavy atom. The molecule has 4 atom stereocenters. The van der Waals surface area contributed by atoms with Crippen LogP contribution in [0.5, 0.6) is 0 Å². The summed E-state index contributed by atoms with van der Waals surface area (Å²) in [6.45, 7) is 0.220. The predicted molar refractivity (Wildman–Crippen MR) is 77.2 cm³/mol. The van der Waals surface area contributed by atoms with Gasteiger partial charge in [0.25, 0.3) is 0 Å². The smallest absolute Gasteiger partial charge is 0.382 e. The fraction of sp³-hybridized carbons (Fsp3) is 0.562. The first-order chi connectivity index (χ1) is 12.0. The number of aliphatic hydroxyl groups is 1. The van der Waals surface area contributed by atoms with Crippen molar-refractivity contribution in [1.29, 1.82) is 5.26 Å². The third-order valence-electron chi connectivity index (χ3n) is 4.90. The Kier molecular flexibility index (Phi) is 4.56. The van der Waals surface area contributed by atoms with Crippen LogP contribution in [0.15, 0.2) is 18.2 Å². The summed E-state index contributed by atoms with van der Waals surface area (Å²) in [6.07, 6.45) is -12.5. The minimum Gasteiger partial charge on any atom is -0.382 e. The maximum absolute atomic E-state index is 13.2. The Hall–Kier alpha value is -1.99. The molecule has 0 aliphatic carbocycles. The third-order valence-corrected chi connectivity index (χ3v) is 4.90. The van der Waals surface area contributed by atoms with Crippen molar-refractivity contribution in [1.82, 2.24) is 0 Å². The molecule has 1 aromatic rings. The topological polar surface area (TPSA) is 56.5 Å². The largest absolute Gasteiger partial charge is 0.417 e. The molecule has 4 nitrogen and oxygen atoms in total. The van der Waals surface area contributed by atoms with Crippen molar-refractivity contribution in [3.63, 3.8) is 0 Å². The van der Waals surface area contributed by atoms with Crippen LogP contribution in [-0.4, -0.2) is 43.2 Å². The Morgan fingerprint density at radius 3 is 2.46 bits per heavy atom. The molecule has 26 heavy (non-hydrogen) atoms. The van der Waals surface area contributed by atoms with Gasteiger partial charge in [0.2, 0.25) is 0 Å². The van der Waals surface area contributed by atoms with Crippen LogP contribution < -0.4 is 4.90 Å². The lowest BCUT2D eigenvalue weighted by Crippen LogP contribution is -2.50. The highest BCUT2D eigenvalue weighted by Crippen LogP contribution is 2.44. The number of benzene rings is 1. The molecule has 1 aromatic carbocycles. The molecule has 0 amide bonds. The van der Waals surface area contributed by atoms with E-state index in [9.17, 15) is 31.4 Å². The van der Waals surface area contributed by atoms with E-state index in [1.54, 1.807) is 0 Å². The molecule has 2 fully saturated rings. The molecule has 10 heteroatoms. The van der Waals surface area contributed by atoms with Crippen LogP contribution in [0.4, 0.5) is 32.0 Å². The van der Waals surface area contributed by atoms with Gasteiger partial charge in [-0.05, 0) is 18.2 Å². The summed E-state index contributed by atoms with van der Waals surface area (Å²) in [5.41, 5.74) is -1.94. The van der Waals surface area contributed by atoms with Crippen LogP contribution in [-0.2, 0) is 10.9 Å². The second-order valence-electron chi connectivity index (χ2n) is 6.43. The average Bonchev–Trinajstić information content (AvgIpc) is 3.12. The van der Waals surface area contributed by atoms with Crippen molar-refractivity contribution in [3.05, 3.63) is 29.3 Å². The zero-order valence-electron chi connectivity index (χ0n) is 13.2. The molecule has 1 N–H and O–H groups in total. The lowest BCUT2D eigenvalue weighted by atomic mass is 9.90. The molecule has 0 bridgehead atoms. The van der Waals surface area contributed by atoms with Crippen LogP contribution in [0.1, 0.15) is 11.1 Å². The molecule has 2 heterocycles. The van der Waals surface area contributed by atoms with Crippen molar-refractivity contribution in [2.75, 3.05) is 24.7 Å². The highest BCUT2D eigenvalue weighted by molar-refractivity contribution is 5.56. The van der Waals surface area contributed by atoms with E-state index >= 15 is 0 Å². The van der Waals surface area contributed by atoms with E-state index in [0.717, 1.165) is 11.0 Å². The molecule has 0 spiro atoms. The van der Waals surface area contributed by atoms with Gasteiger partial charge in [-0.25, -0.2) is 0 Å². The van der Waals surface area contributed by atoms with Gasteiger partial charge in [0.1, 0.15) is 0 Å². The first-order valence-corrected chi connectivity index (χ1v) is 7.74. The third kappa shape index (κ3) is 3.21. The maximum atomic E-state index is 13.2. The summed E-state index contributed by atoms with van der Waals surface area (Å²) in [4.78, 5) is 1.15. The molecular formula is C16H14F6N2O2. The number of nitrogens with zero attached hydrogens (tertiary/aromatic N) is 2. The summed E-state index contributed by atoms with van der Waals surface area (Å²) >= 11 is 0. The summed E-state index contributed by atoms with van der Waals surface area (Å²) in [6, 6.07) is 2.75. The van der Waals surface area contributed by atoms with E-state index in [4.69, 9.17) is 10.00 Å². The summed E-state index contributed by atoms with van der Waals surface area (Å²) in [7, 11) is 0. The quantitative estimate of drug-likeness (QED) is 0.802. The predicted octanol–water partition coefficient (Wildman–Crippen LogP) is 2.95. The van der Waals surface area contributed by atoms with E-state index in [1.807, 2.05) is 0 Å². The monoisotopic (exact) mass is 380 g/mol. The van der Waals surface area contributed by atoms with Gasteiger partial charge >= 0.3 is 12.4 Å². The minimum absolute atomic E-state index is 0.00137. The molecule has 142 valence electrons. The van der Waals surface area contributed by atoms with Gasteiger partial charge in [0.15, 0.2) is 6.10 Å². The van der Waals surface area contributed by atoms with Crippen LogP contribution >= 0.6 is 0 Å². The van der Waals surface area contributed by atoms with Crippen molar-refractivity contribution < 1.29 is 36.2 Å². The molecule has 0 radical (unpaired) electrons. The molecule has 2 aliphatic rings. The standard InChI is InChI=1S/C16H14F6N2O2/c17-15(18,19)12-3-10(2-1-8(12)4-23)24-5-9-6-26-7-11(9)13(24)14(25)16(20,21)22/h1-3,9,11,13-14,25H,5-7H2/t9-,11+,13+,14?/m0/s1. The number of alkyl halides is 6. The Balaban J connectivity index is 2.03. The summed E-state index contributed by atoms with van der Waals surface area (Å²) in [5.74, 6) is -0.960. The number of hydrogen-bond donors (Lipinski definition) is 1. The normalized spacial score (nSPS) is 27.3. The number of ether oxygens (including phenoxy) is 1. The number of halogens is 6. The van der Waals surface area contributed by atoms with E-state index < -0.39 is 41.5 Å². The molecule has 3 rings (SSSR count).